The van der Waals surface area contributed by atoms with Crippen LogP contribution in [-0.2, 0) is 6.54 Å². The molecule has 160 valence electrons. The summed E-state index contributed by atoms with van der Waals surface area (Å²) in [6.45, 7) is 2.70. The van der Waals surface area contributed by atoms with E-state index in [1.807, 2.05) is 18.6 Å². The van der Waals surface area contributed by atoms with E-state index in [0.29, 0.717) is 12.5 Å². The lowest BCUT2D eigenvalue weighted by atomic mass is 9.94. The number of hydrogen-bond acceptors (Lipinski definition) is 3. The van der Waals surface area contributed by atoms with E-state index in [2.05, 4.69) is 55.2 Å². The first-order valence-corrected chi connectivity index (χ1v) is 11.1. The fourth-order valence-electron chi connectivity index (χ4n) is 4.83. The topological polar surface area (TPSA) is 58.5 Å². The molecule has 0 aliphatic carbocycles. The molecule has 5 aromatic rings. The van der Waals surface area contributed by atoms with Crippen LogP contribution in [0.4, 0.5) is 4.39 Å². The lowest BCUT2D eigenvalue weighted by Crippen LogP contribution is -2.26. The van der Waals surface area contributed by atoms with Gasteiger partial charge in [0, 0.05) is 29.7 Å². The maximum atomic E-state index is 13.6. The highest BCUT2D eigenvalue weighted by Crippen LogP contribution is 2.33. The van der Waals surface area contributed by atoms with Crippen molar-refractivity contribution in [2.45, 2.75) is 25.3 Å². The Morgan fingerprint density at radius 2 is 1.91 bits per heavy atom. The monoisotopic (exact) mass is 425 g/mol. The number of nitrogens with zero attached hydrogens (tertiary/aromatic N) is 3. The standard InChI is InChI=1S/C26H24FN5/c27-20-3-1-2-17(12-20)15-32-16-30-23-5-4-19(13-25(23)32)21-8-11-29-26-22(21)14-24(31-26)18-6-9-28-10-7-18/h1-5,8,11-14,16,18,28H,6-7,9-10,15H2,(H,29,31). The average Bonchev–Trinajstić information content (AvgIpc) is 3.44. The Balaban J connectivity index is 1.40. The maximum Gasteiger partial charge on any atom is 0.138 e. The summed E-state index contributed by atoms with van der Waals surface area (Å²) in [6, 6.07) is 17.4. The minimum Gasteiger partial charge on any atom is -0.343 e. The van der Waals surface area contributed by atoms with Crippen LogP contribution in [0, 0.1) is 5.82 Å². The summed E-state index contributed by atoms with van der Waals surface area (Å²) in [5, 5.41) is 4.59. The van der Waals surface area contributed by atoms with E-state index in [4.69, 9.17) is 0 Å². The summed E-state index contributed by atoms with van der Waals surface area (Å²) in [4.78, 5) is 12.7. The van der Waals surface area contributed by atoms with E-state index in [9.17, 15) is 4.39 Å². The van der Waals surface area contributed by atoms with Crippen LogP contribution >= 0.6 is 0 Å². The summed E-state index contributed by atoms with van der Waals surface area (Å²) >= 11 is 0. The Hall–Kier alpha value is -3.51. The molecule has 0 radical (unpaired) electrons. The SMILES string of the molecule is Fc1cccc(Cn2cnc3ccc(-c4ccnc5[nH]c(C6CCNCC6)cc45)cc32)c1. The second-order valence-corrected chi connectivity index (χ2v) is 8.58. The molecule has 0 atom stereocenters. The highest BCUT2D eigenvalue weighted by atomic mass is 19.1. The lowest BCUT2D eigenvalue weighted by molar-refractivity contribution is 0.455. The molecule has 5 nitrogen and oxygen atoms in total. The molecule has 6 heteroatoms. The molecule has 0 bridgehead atoms. The highest BCUT2D eigenvalue weighted by Gasteiger charge is 2.19. The fourth-order valence-corrected chi connectivity index (χ4v) is 4.83. The molecule has 0 saturated carbocycles. The molecule has 32 heavy (non-hydrogen) atoms. The van der Waals surface area contributed by atoms with Crippen molar-refractivity contribution in [1.29, 1.82) is 0 Å². The molecule has 6 rings (SSSR count). The Morgan fingerprint density at radius 3 is 2.78 bits per heavy atom. The number of aromatic amines is 1. The van der Waals surface area contributed by atoms with E-state index in [0.717, 1.165) is 64.7 Å². The molecule has 0 spiro atoms. The summed E-state index contributed by atoms with van der Waals surface area (Å²) < 4.78 is 15.7. The Labute approximate surface area is 185 Å². The summed E-state index contributed by atoms with van der Waals surface area (Å²) in [5.41, 5.74) is 7.38. The van der Waals surface area contributed by atoms with Gasteiger partial charge in [0.15, 0.2) is 0 Å². The molecule has 1 saturated heterocycles. The van der Waals surface area contributed by atoms with Gasteiger partial charge in [-0.3, -0.25) is 0 Å². The van der Waals surface area contributed by atoms with Crippen molar-refractivity contribution in [1.82, 2.24) is 24.8 Å². The molecular formula is C26H24FN5. The molecule has 4 heterocycles. The van der Waals surface area contributed by atoms with Gasteiger partial charge >= 0.3 is 0 Å². The molecular weight excluding hydrogens is 401 g/mol. The minimum atomic E-state index is -0.219. The predicted octanol–water partition coefficient (Wildman–Crippen LogP) is 5.23. The van der Waals surface area contributed by atoms with E-state index >= 15 is 0 Å². The quantitative estimate of drug-likeness (QED) is 0.414. The van der Waals surface area contributed by atoms with Gasteiger partial charge < -0.3 is 14.9 Å². The maximum absolute atomic E-state index is 13.6. The number of imidazole rings is 1. The van der Waals surface area contributed by atoms with Gasteiger partial charge in [-0.05, 0) is 79.0 Å². The zero-order chi connectivity index (χ0) is 21.5. The van der Waals surface area contributed by atoms with Crippen molar-refractivity contribution in [3.05, 3.63) is 84.2 Å². The van der Waals surface area contributed by atoms with Crippen LogP contribution in [0.5, 0.6) is 0 Å². The number of hydrogen-bond donors (Lipinski definition) is 2. The van der Waals surface area contributed by atoms with E-state index in [-0.39, 0.29) is 5.82 Å². The molecule has 0 amide bonds. The third kappa shape index (κ3) is 3.46. The van der Waals surface area contributed by atoms with Crippen LogP contribution < -0.4 is 5.32 Å². The van der Waals surface area contributed by atoms with Crippen LogP contribution in [0.25, 0.3) is 33.2 Å². The molecule has 1 fully saturated rings. The summed E-state index contributed by atoms with van der Waals surface area (Å²) in [7, 11) is 0. The first kappa shape index (κ1) is 19.2. The summed E-state index contributed by atoms with van der Waals surface area (Å²) in [5.74, 6) is 0.331. The zero-order valence-corrected chi connectivity index (χ0v) is 17.7. The van der Waals surface area contributed by atoms with Gasteiger partial charge in [0.25, 0.3) is 0 Å². The van der Waals surface area contributed by atoms with Gasteiger partial charge in [0.2, 0.25) is 0 Å². The van der Waals surface area contributed by atoms with Crippen molar-refractivity contribution >= 4 is 22.1 Å². The van der Waals surface area contributed by atoms with Crippen molar-refractivity contribution < 1.29 is 4.39 Å². The third-order valence-corrected chi connectivity index (χ3v) is 6.51. The van der Waals surface area contributed by atoms with Gasteiger partial charge in [-0.1, -0.05) is 18.2 Å². The number of halogens is 1. The molecule has 3 aromatic heterocycles. The van der Waals surface area contributed by atoms with Gasteiger partial charge in [0.1, 0.15) is 11.5 Å². The molecule has 2 aromatic carbocycles. The number of H-pyrrole nitrogens is 1. The molecule has 1 aliphatic heterocycles. The van der Waals surface area contributed by atoms with Crippen molar-refractivity contribution in [2.24, 2.45) is 0 Å². The van der Waals surface area contributed by atoms with Crippen LogP contribution in [0.3, 0.4) is 0 Å². The average molecular weight is 426 g/mol. The van der Waals surface area contributed by atoms with Crippen LogP contribution in [0.2, 0.25) is 0 Å². The first-order valence-electron chi connectivity index (χ1n) is 11.1. The minimum absolute atomic E-state index is 0.219. The van der Waals surface area contributed by atoms with Gasteiger partial charge in [-0.2, -0.15) is 0 Å². The highest BCUT2D eigenvalue weighted by molar-refractivity contribution is 5.95. The predicted molar refractivity (Wildman–Crippen MR) is 125 cm³/mol. The zero-order valence-electron chi connectivity index (χ0n) is 17.7. The third-order valence-electron chi connectivity index (χ3n) is 6.51. The van der Waals surface area contributed by atoms with Crippen molar-refractivity contribution in [3.63, 3.8) is 0 Å². The van der Waals surface area contributed by atoms with E-state index < -0.39 is 0 Å². The van der Waals surface area contributed by atoms with Gasteiger partial charge in [-0.25, -0.2) is 14.4 Å². The van der Waals surface area contributed by atoms with Gasteiger partial charge in [0.05, 0.1) is 17.4 Å². The van der Waals surface area contributed by atoms with E-state index in [1.165, 1.54) is 11.8 Å². The van der Waals surface area contributed by atoms with Crippen LogP contribution in [0.15, 0.2) is 67.1 Å². The molecule has 2 N–H and O–H groups in total. The van der Waals surface area contributed by atoms with Crippen molar-refractivity contribution in [3.8, 4) is 11.1 Å². The number of fused-ring (bicyclic) bond motifs is 2. The number of benzene rings is 2. The van der Waals surface area contributed by atoms with Crippen molar-refractivity contribution in [2.75, 3.05) is 13.1 Å². The first-order chi connectivity index (χ1) is 15.7. The normalized spacial score (nSPS) is 15.0. The Morgan fingerprint density at radius 1 is 1.00 bits per heavy atom. The number of nitrogens with one attached hydrogen (secondary N) is 2. The molecule has 0 unspecified atom stereocenters. The Bertz CT molecular complexity index is 1410. The number of pyridine rings is 1. The smallest absolute Gasteiger partial charge is 0.138 e. The fraction of sp³-hybridized carbons (Fsp3) is 0.231. The molecule has 1 aliphatic rings. The second kappa shape index (κ2) is 7.88. The number of aromatic nitrogens is 4. The second-order valence-electron chi connectivity index (χ2n) is 8.58. The van der Waals surface area contributed by atoms with Crippen LogP contribution in [-0.4, -0.2) is 32.6 Å². The van der Waals surface area contributed by atoms with Crippen LogP contribution in [0.1, 0.15) is 30.0 Å². The number of rotatable bonds is 4. The van der Waals surface area contributed by atoms with E-state index in [1.54, 1.807) is 12.1 Å². The largest absolute Gasteiger partial charge is 0.343 e. The van der Waals surface area contributed by atoms with Gasteiger partial charge in [-0.15, -0.1) is 0 Å². The Kier molecular flexibility index (Phi) is 4.72. The summed E-state index contributed by atoms with van der Waals surface area (Å²) in [6.07, 6.45) is 5.99. The number of piperidine rings is 1. The lowest BCUT2D eigenvalue weighted by Gasteiger charge is -2.21.